The van der Waals surface area contributed by atoms with E-state index < -0.39 is 0 Å². The molecule has 23 heavy (non-hydrogen) atoms. The summed E-state index contributed by atoms with van der Waals surface area (Å²) in [4.78, 5) is 13.5. The number of carbonyl (C=O) groups is 1. The van der Waals surface area contributed by atoms with E-state index in [4.69, 9.17) is 0 Å². The smallest absolute Gasteiger partial charge is 0.224 e. The highest BCUT2D eigenvalue weighted by Gasteiger charge is 2.08. The second kappa shape index (κ2) is 7.75. The van der Waals surface area contributed by atoms with Crippen LogP contribution in [0.4, 0.5) is 5.69 Å². The lowest BCUT2D eigenvalue weighted by Crippen LogP contribution is -2.13. The van der Waals surface area contributed by atoms with Gasteiger partial charge < -0.3 is 5.32 Å². The van der Waals surface area contributed by atoms with E-state index in [1.807, 2.05) is 47.8 Å². The first-order chi connectivity index (χ1) is 11.3. The molecule has 1 aromatic heterocycles. The molecule has 0 aliphatic rings. The average molecular weight is 321 g/mol. The fraction of sp³-hybridized carbons (Fsp3) is 0.150. The first kappa shape index (κ1) is 15.5. The second-order valence-electron chi connectivity index (χ2n) is 5.45. The van der Waals surface area contributed by atoms with Crippen molar-refractivity contribution >= 4 is 22.9 Å². The molecule has 116 valence electrons. The Morgan fingerprint density at radius 3 is 2.48 bits per heavy atom. The number of thiophene rings is 1. The van der Waals surface area contributed by atoms with E-state index in [-0.39, 0.29) is 5.91 Å². The first-order valence-electron chi connectivity index (χ1n) is 7.75. The number of nitrogens with one attached hydrogen (secondary N) is 1. The number of hydrogen-bond donors (Lipinski definition) is 1. The van der Waals surface area contributed by atoms with E-state index in [1.165, 1.54) is 10.4 Å². The molecule has 0 bridgehead atoms. The van der Waals surface area contributed by atoms with E-state index in [2.05, 4.69) is 29.6 Å². The normalized spacial score (nSPS) is 10.4. The lowest BCUT2D eigenvalue weighted by Gasteiger charge is -2.11. The van der Waals surface area contributed by atoms with Gasteiger partial charge in [-0.15, -0.1) is 11.3 Å². The number of carbonyl (C=O) groups excluding carboxylic acids is 1. The van der Waals surface area contributed by atoms with Crippen LogP contribution < -0.4 is 5.32 Å². The number of rotatable bonds is 6. The standard InChI is InChI=1S/C20H19NOS/c22-20(13-12-18-10-6-14-23-18)21-19-11-5-4-9-17(19)15-16-7-2-1-3-8-16/h1-11,14H,12-13,15H2,(H,21,22). The number of amides is 1. The van der Waals surface area contributed by atoms with Crippen LogP contribution in [0.2, 0.25) is 0 Å². The van der Waals surface area contributed by atoms with Crippen molar-refractivity contribution in [2.75, 3.05) is 5.32 Å². The molecule has 2 nitrogen and oxygen atoms in total. The molecule has 3 rings (SSSR count). The Bertz CT molecular complexity index is 750. The molecule has 0 aliphatic carbocycles. The quantitative estimate of drug-likeness (QED) is 0.686. The highest BCUT2D eigenvalue weighted by Crippen LogP contribution is 2.20. The SMILES string of the molecule is O=C(CCc1cccs1)Nc1ccccc1Cc1ccccc1. The molecular formula is C20H19NOS. The molecular weight excluding hydrogens is 302 g/mol. The Kier molecular flexibility index (Phi) is 5.22. The number of para-hydroxylation sites is 1. The van der Waals surface area contributed by atoms with Gasteiger partial charge in [-0.2, -0.15) is 0 Å². The maximum atomic E-state index is 12.2. The summed E-state index contributed by atoms with van der Waals surface area (Å²) in [6.45, 7) is 0. The lowest BCUT2D eigenvalue weighted by molar-refractivity contribution is -0.116. The average Bonchev–Trinajstić information content (AvgIpc) is 3.09. The number of anilines is 1. The fourth-order valence-corrected chi connectivity index (χ4v) is 3.23. The highest BCUT2D eigenvalue weighted by molar-refractivity contribution is 7.09. The van der Waals surface area contributed by atoms with E-state index in [0.717, 1.165) is 24.1 Å². The molecule has 2 aromatic carbocycles. The first-order valence-corrected chi connectivity index (χ1v) is 8.63. The van der Waals surface area contributed by atoms with E-state index >= 15 is 0 Å². The second-order valence-corrected chi connectivity index (χ2v) is 6.48. The van der Waals surface area contributed by atoms with Crippen LogP contribution in [0.15, 0.2) is 72.1 Å². The summed E-state index contributed by atoms with van der Waals surface area (Å²) in [5.41, 5.74) is 3.29. The lowest BCUT2D eigenvalue weighted by atomic mass is 10.0. The molecule has 0 atom stereocenters. The van der Waals surface area contributed by atoms with Crippen LogP contribution in [-0.2, 0) is 17.6 Å². The maximum Gasteiger partial charge on any atom is 0.224 e. The van der Waals surface area contributed by atoms with Crippen LogP contribution >= 0.6 is 11.3 Å². The molecule has 0 fully saturated rings. The zero-order valence-electron chi connectivity index (χ0n) is 12.9. The van der Waals surface area contributed by atoms with Gasteiger partial charge in [0.1, 0.15) is 0 Å². The van der Waals surface area contributed by atoms with Crippen molar-refractivity contribution in [1.29, 1.82) is 0 Å². The highest BCUT2D eigenvalue weighted by atomic mass is 32.1. The Labute approximate surface area is 140 Å². The zero-order valence-corrected chi connectivity index (χ0v) is 13.7. The van der Waals surface area contributed by atoms with E-state index in [9.17, 15) is 4.79 Å². The topological polar surface area (TPSA) is 29.1 Å². The third kappa shape index (κ3) is 4.54. The Morgan fingerprint density at radius 2 is 1.70 bits per heavy atom. The number of hydrogen-bond acceptors (Lipinski definition) is 2. The zero-order chi connectivity index (χ0) is 15.9. The van der Waals surface area contributed by atoms with Crippen molar-refractivity contribution in [2.24, 2.45) is 0 Å². The minimum absolute atomic E-state index is 0.0684. The predicted molar refractivity (Wildman–Crippen MR) is 97.0 cm³/mol. The summed E-state index contributed by atoms with van der Waals surface area (Å²) >= 11 is 1.70. The number of benzene rings is 2. The molecule has 3 heteroatoms. The molecule has 1 N–H and O–H groups in total. The minimum Gasteiger partial charge on any atom is -0.326 e. The van der Waals surface area contributed by atoms with Gasteiger partial charge in [-0.3, -0.25) is 4.79 Å². The van der Waals surface area contributed by atoms with Gasteiger partial charge in [-0.1, -0.05) is 54.6 Å². The molecule has 0 radical (unpaired) electrons. The van der Waals surface area contributed by atoms with Crippen LogP contribution in [0.25, 0.3) is 0 Å². The van der Waals surface area contributed by atoms with Gasteiger partial charge in [-0.25, -0.2) is 0 Å². The Balaban J connectivity index is 1.64. The van der Waals surface area contributed by atoms with Crippen LogP contribution in [0.5, 0.6) is 0 Å². The summed E-state index contributed by atoms with van der Waals surface area (Å²) < 4.78 is 0. The summed E-state index contributed by atoms with van der Waals surface area (Å²) in [7, 11) is 0. The van der Waals surface area contributed by atoms with Crippen molar-refractivity contribution in [3.05, 3.63) is 88.1 Å². The van der Waals surface area contributed by atoms with Crippen LogP contribution in [0.3, 0.4) is 0 Å². The molecule has 1 heterocycles. The molecule has 0 spiro atoms. The van der Waals surface area contributed by atoms with E-state index in [1.54, 1.807) is 11.3 Å². The van der Waals surface area contributed by atoms with Gasteiger partial charge in [0.05, 0.1) is 0 Å². The summed E-state index contributed by atoms with van der Waals surface area (Å²) in [5.74, 6) is 0.0684. The maximum absolute atomic E-state index is 12.2. The van der Waals surface area contributed by atoms with Crippen molar-refractivity contribution < 1.29 is 4.79 Å². The van der Waals surface area contributed by atoms with Crippen molar-refractivity contribution in [1.82, 2.24) is 0 Å². The summed E-state index contributed by atoms with van der Waals surface area (Å²) in [6.07, 6.45) is 2.13. The molecule has 0 aliphatic heterocycles. The summed E-state index contributed by atoms with van der Waals surface area (Å²) in [5, 5.41) is 5.10. The molecule has 0 unspecified atom stereocenters. The van der Waals surface area contributed by atoms with Gasteiger partial charge >= 0.3 is 0 Å². The van der Waals surface area contributed by atoms with Crippen molar-refractivity contribution in [3.8, 4) is 0 Å². The minimum atomic E-state index is 0.0684. The molecule has 0 saturated heterocycles. The van der Waals surface area contributed by atoms with Crippen LogP contribution in [0.1, 0.15) is 22.4 Å². The van der Waals surface area contributed by atoms with Gasteiger partial charge in [-0.05, 0) is 41.5 Å². The third-order valence-corrected chi connectivity index (χ3v) is 4.64. The molecule has 3 aromatic rings. The predicted octanol–water partition coefficient (Wildman–Crippen LogP) is 4.91. The van der Waals surface area contributed by atoms with E-state index in [0.29, 0.717) is 6.42 Å². The number of aryl methyl sites for hydroxylation is 1. The molecule has 0 saturated carbocycles. The van der Waals surface area contributed by atoms with Crippen molar-refractivity contribution in [2.45, 2.75) is 19.3 Å². The Morgan fingerprint density at radius 1 is 0.913 bits per heavy atom. The molecule has 1 amide bonds. The van der Waals surface area contributed by atoms with Crippen LogP contribution in [-0.4, -0.2) is 5.91 Å². The van der Waals surface area contributed by atoms with Gasteiger partial charge in [0.15, 0.2) is 0 Å². The van der Waals surface area contributed by atoms with Gasteiger partial charge in [0.25, 0.3) is 0 Å². The monoisotopic (exact) mass is 321 g/mol. The largest absolute Gasteiger partial charge is 0.326 e. The van der Waals surface area contributed by atoms with Crippen molar-refractivity contribution in [3.63, 3.8) is 0 Å². The van der Waals surface area contributed by atoms with Crippen LogP contribution in [0, 0.1) is 0 Å². The Hall–Kier alpha value is -2.39. The van der Waals surface area contributed by atoms with Gasteiger partial charge in [0, 0.05) is 17.0 Å². The third-order valence-electron chi connectivity index (χ3n) is 3.71. The summed E-state index contributed by atoms with van der Waals surface area (Å²) in [6, 6.07) is 22.4. The van der Waals surface area contributed by atoms with Gasteiger partial charge in [0.2, 0.25) is 5.91 Å². The fourth-order valence-electron chi connectivity index (χ4n) is 2.52.